The summed E-state index contributed by atoms with van der Waals surface area (Å²) in [5, 5.41) is 0. The molecule has 0 aromatic rings. The van der Waals surface area contributed by atoms with Crippen LogP contribution >= 0.6 is 0 Å². The molecule has 1 aliphatic carbocycles. The van der Waals surface area contributed by atoms with Gasteiger partial charge in [0.1, 0.15) is 0 Å². The van der Waals surface area contributed by atoms with Crippen LogP contribution in [0.5, 0.6) is 0 Å². The zero-order chi connectivity index (χ0) is 38.4. The molecule has 1 atom stereocenters. The van der Waals surface area contributed by atoms with Crippen LogP contribution in [0.3, 0.4) is 0 Å². The molecule has 1 saturated carbocycles. The van der Waals surface area contributed by atoms with Gasteiger partial charge in [-0.1, -0.05) is 224 Å². The lowest BCUT2D eigenvalue weighted by Gasteiger charge is -2.18. The van der Waals surface area contributed by atoms with Gasteiger partial charge >= 0.3 is 0 Å². The first-order valence-corrected chi connectivity index (χ1v) is 23.6. The largest absolute Gasteiger partial charge is 0.498 e. The Labute approximate surface area is 320 Å². The fourth-order valence-corrected chi connectivity index (χ4v) is 6.16. The summed E-state index contributed by atoms with van der Waals surface area (Å²) in [6.45, 7) is 27.6. The van der Waals surface area contributed by atoms with Crippen molar-refractivity contribution in [1.29, 1.82) is 0 Å². The van der Waals surface area contributed by atoms with E-state index < -0.39 is 0 Å². The van der Waals surface area contributed by atoms with Crippen LogP contribution in [-0.2, 0) is 9.47 Å². The topological polar surface area (TPSA) is 18.5 Å². The third-order valence-electron chi connectivity index (χ3n) is 9.50. The van der Waals surface area contributed by atoms with E-state index in [4.69, 9.17) is 9.47 Å². The zero-order valence-electron chi connectivity index (χ0n) is 37.6. The van der Waals surface area contributed by atoms with E-state index in [0.717, 1.165) is 19.1 Å². The Hall–Kier alpha value is -0.500. The van der Waals surface area contributed by atoms with Gasteiger partial charge in [-0.05, 0) is 56.9 Å². The minimum atomic E-state index is 0.473. The molecule has 2 heteroatoms. The molecule has 0 amide bonds. The Kier molecular flexibility index (Phi) is 59.5. The van der Waals surface area contributed by atoms with Gasteiger partial charge in [0, 0.05) is 13.0 Å². The number of rotatable bonds is 33. The highest BCUT2D eigenvalue weighted by atomic mass is 16.5. The molecule has 1 fully saturated rings. The van der Waals surface area contributed by atoms with Gasteiger partial charge in [0.2, 0.25) is 0 Å². The van der Waals surface area contributed by atoms with Crippen LogP contribution in [0.4, 0.5) is 0 Å². The third-order valence-corrected chi connectivity index (χ3v) is 9.50. The maximum atomic E-state index is 6.26. The Balaban J connectivity index is -0.000000372. The van der Waals surface area contributed by atoms with Crippen LogP contribution in [-0.4, -0.2) is 19.3 Å². The first kappa shape index (κ1) is 56.2. The van der Waals surface area contributed by atoms with Crippen LogP contribution in [0.15, 0.2) is 11.3 Å². The molecule has 0 spiro atoms. The molecule has 0 aromatic heterocycles. The molecule has 0 saturated heterocycles. The van der Waals surface area contributed by atoms with Crippen LogP contribution in [0.2, 0.25) is 0 Å². The van der Waals surface area contributed by atoms with Crippen LogP contribution in [0.1, 0.15) is 276 Å². The highest BCUT2D eigenvalue weighted by Gasteiger charge is 2.19. The smallest absolute Gasteiger partial charge is 0.0951 e. The predicted octanol–water partition coefficient (Wildman–Crippen LogP) is 18.2. The van der Waals surface area contributed by atoms with Crippen molar-refractivity contribution in [1.82, 2.24) is 0 Å². The van der Waals surface area contributed by atoms with Crippen molar-refractivity contribution in [2.45, 2.75) is 282 Å². The Morgan fingerprint density at radius 2 is 0.840 bits per heavy atom. The predicted molar refractivity (Wildman–Crippen MR) is 233 cm³/mol. The summed E-state index contributed by atoms with van der Waals surface area (Å²) >= 11 is 0. The lowest BCUT2D eigenvalue weighted by Crippen LogP contribution is -2.09. The number of ether oxygens (including phenoxy) is 2. The second kappa shape index (κ2) is 52.9. The molecule has 0 aliphatic heterocycles. The highest BCUT2D eigenvalue weighted by molar-refractivity contribution is 5.21. The molecule has 50 heavy (non-hydrogen) atoms. The highest BCUT2D eigenvalue weighted by Crippen LogP contribution is 2.35. The molecule has 0 radical (unpaired) electrons. The molecule has 1 rings (SSSR count). The van der Waals surface area contributed by atoms with E-state index in [-0.39, 0.29) is 0 Å². The lowest BCUT2D eigenvalue weighted by atomic mass is 9.93. The molecule has 0 N–H and O–H groups in total. The number of unbranched alkanes of at least 4 members (excludes halogenated alkanes) is 18. The van der Waals surface area contributed by atoms with Crippen molar-refractivity contribution in [3.63, 3.8) is 0 Å². The van der Waals surface area contributed by atoms with Gasteiger partial charge in [0.15, 0.2) is 0 Å². The summed E-state index contributed by atoms with van der Waals surface area (Å²) in [6.07, 6.45) is 41.3. The quantitative estimate of drug-likeness (QED) is 0.0499. The van der Waals surface area contributed by atoms with Crippen molar-refractivity contribution >= 4 is 0 Å². The van der Waals surface area contributed by atoms with Gasteiger partial charge in [0.05, 0.1) is 18.5 Å². The summed E-state index contributed by atoms with van der Waals surface area (Å²) in [5.41, 5.74) is 1.63. The molecule has 1 unspecified atom stereocenters. The number of hydrogen-bond donors (Lipinski definition) is 0. The minimum Gasteiger partial charge on any atom is -0.498 e. The summed E-state index contributed by atoms with van der Waals surface area (Å²) in [4.78, 5) is 0. The van der Waals surface area contributed by atoms with Crippen molar-refractivity contribution in [2.24, 2.45) is 5.92 Å². The fraction of sp³-hybridized carbons (Fsp3) is 0.958. The molecular weight excluding hydrogens is 609 g/mol. The first-order chi connectivity index (χ1) is 24.6. The Morgan fingerprint density at radius 1 is 0.440 bits per heavy atom. The molecule has 2 nitrogen and oxygen atoms in total. The van der Waals surface area contributed by atoms with E-state index in [0.29, 0.717) is 6.10 Å². The maximum absolute atomic E-state index is 6.26. The standard InChI is InChI=1S/C23H44O.C19H40O.3C2H6/c1-4-7-10-11-12-13-16-23(22-17-18-22)24-20-19-21(14-8-5-2)15-9-6-3;1-4-6-8-10-12-14-16-18-20-19(3)17-15-13-11-9-7-5-2;3*1-2/h21H,4-20H2,1-3H3;19H,4-18H2,1-3H3;3*1-2H3. The second-order valence-corrected chi connectivity index (χ2v) is 14.2. The first-order valence-electron chi connectivity index (χ1n) is 23.6. The van der Waals surface area contributed by atoms with Crippen LogP contribution in [0, 0.1) is 5.92 Å². The summed E-state index contributed by atoms with van der Waals surface area (Å²) < 4.78 is 12.2. The zero-order valence-corrected chi connectivity index (χ0v) is 37.6. The monoisotopic (exact) mass is 711 g/mol. The van der Waals surface area contributed by atoms with Crippen molar-refractivity contribution in [3.8, 4) is 0 Å². The molecule has 0 bridgehead atoms. The van der Waals surface area contributed by atoms with Gasteiger partial charge in [-0.15, -0.1) is 0 Å². The van der Waals surface area contributed by atoms with Crippen molar-refractivity contribution < 1.29 is 9.47 Å². The summed E-state index contributed by atoms with van der Waals surface area (Å²) in [6, 6.07) is 0. The van der Waals surface area contributed by atoms with E-state index in [1.165, 1.54) is 198 Å². The van der Waals surface area contributed by atoms with E-state index in [1.807, 2.05) is 41.5 Å². The molecule has 1 aliphatic rings. The SMILES string of the molecule is CC.CC.CC.CCCCCCCCC(OCCC(CCCC)CCCC)=C1CC1.CCCCCCCCCOC(C)CCCCCCCC. The van der Waals surface area contributed by atoms with Crippen LogP contribution in [0.25, 0.3) is 0 Å². The van der Waals surface area contributed by atoms with E-state index in [2.05, 4.69) is 41.5 Å². The number of allylic oxidation sites excluding steroid dienone is 2. The average Bonchev–Trinajstić information content (AvgIpc) is 4.01. The fourth-order valence-electron chi connectivity index (χ4n) is 6.16. The lowest BCUT2D eigenvalue weighted by molar-refractivity contribution is 0.0557. The molecule has 0 heterocycles. The number of hydrogen-bond acceptors (Lipinski definition) is 2. The normalized spacial score (nSPS) is 12.0. The van der Waals surface area contributed by atoms with Gasteiger partial charge in [-0.2, -0.15) is 0 Å². The van der Waals surface area contributed by atoms with Gasteiger partial charge < -0.3 is 9.47 Å². The Morgan fingerprint density at radius 3 is 1.28 bits per heavy atom. The summed E-state index contributed by atoms with van der Waals surface area (Å²) in [7, 11) is 0. The van der Waals surface area contributed by atoms with E-state index in [1.54, 1.807) is 5.57 Å². The van der Waals surface area contributed by atoms with Crippen molar-refractivity contribution in [2.75, 3.05) is 13.2 Å². The third kappa shape index (κ3) is 47.5. The Bertz CT molecular complexity index is 569. The van der Waals surface area contributed by atoms with Gasteiger partial charge in [-0.25, -0.2) is 0 Å². The van der Waals surface area contributed by atoms with Crippen LogP contribution < -0.4 is 0 Å². The van der Waals surface area contributed by atoms with E-state index in [9.17, 15) is 0 Å². The van der Waals surface area contributed by atoms with E-state index >= 15 is 0 Å². The average molecular weight is 711 g/mol. The molecule has 306 valence electrons. The molecular formula is C48H102O2. The summed E-state index contributed by atoms with van der Waals surface area (Å²) in [5.74, 6) is 2.28. The maximum Gasteiger partial charge on any atom is 0.0951 e. The van der Waals surface area contributed by atoms with Gasteiger partial charge in [-0.3, -0.25) is 0 Å². The van der Waals surface area contributed by atoms with Crippen molar-refractivity contribution in [3.05, 3.63) is 11.3 Å². The minimum absolute atomic E-state index is 0.473. The molecule has 0 aromatic carbocycles. The second-order valence-electron chi connectivity index (χ2n) is 14.2. The van der Waals surface area contributed by atoms with Gasteiger partial charge in [0.25, 0.3) is 0 Å².